The minimum atomic E-state index is -0.174. The third-order valence-corrected chi connectivity index (χ3v) is 19.0. The first kappa shape index (κ1) is 48.4. The molecule has 0 spiro atoms. The number of hydrogen-bond donors (Lipinski definition) is 0. The summed E-state index contributed by atoms with van der Waals surface area (Å²) in [6.45, 7) is 28.6. The molecule has 0 saturated heterocycles. The Bertz CT molecular complexity index is 4130. The monoisotopic (exact) mass is 1000 g/mol. The largest absolute Gasteiger partial charge is 0.455 e. The standard InChI is InChI=1S/C73H67BOS/c1-42-35-59-51-25-19-20-26-65(51)76-66(59)41-54(42)52-33-34-53(68-67(52)44(3)56-37-60-61(40-64(56)74(68)12)70(47-23-17-14-18-24-47)75-69(60)46-21-15-13-16-22-46)57-38-58-50-32-31-49(72(7,8)9)36-62(50)73(10,11)63(58)39-55(57)43(2)45-27-29-48(30-28-45)71(4,5)6/h13-41,43-44H,1-12H3. The summed E-state index contributed by atoms with van der Waals surface area (Å²) in [5, 5.41) is 5.00. The van der Waals surface area contributed by atoms with E-state index < -0.39 is 0 Å². The van der Waals surface area contributed by atoms with Gasteiger partial charge in [0.15, 0.2) is 0 Å². The lowest BCUT2D eigenvalue weighted by Gasteiger charge is -2.35. The molecule has 3 heteroatoms. The zero-order chi connectivity index (χ0) is 52.7. The van der Waals surface area contributed by atoms with Gasteiger partial charge in [-0.3, -0.25) is 0 Å². The summed E-state index contributed by atoms with van der Waals surface area (Å²) in [7, 11) is 0. The summed E-state index contributed by atoms with van der Waals surface area (Å²) >= 11 is 1.91. The molecule has 2 atom stereocenters. The van der Waals surface area contributed by atoms with Crippen molar-refractivity contribution >= 4 is 59.9 Å². The summed E-state index contributed by atoms with van der Waals surface area (Å²) in [4.78, 5) is 0. The van der Waals surface area contributed by atoms with Crippen molar-refractivity contribution in [2.24, 2.45) is 0 Å². The molecule has 0 fully saturated rings. The van der Waals surface area contributed by atoms with Gasteiger partial charge in [-0.2, -0.15) is 0 Å². The minimum Gasteiger partial charge on any atom is -0.455 e. The van der Waals surface area contributed by atoms with Crippen LogP contribution < -0.4 is 10.9 Å². The molecule has 0 N–H and O–H groups in total. The second kappa shape index (κ2) is 17.4. The Morgan fingerprint density at radius 2 is 1.12 bits per heavy atom. The molecule has 76 heavy (non-hydrogen) atoms. The fourth-order valence-electron chi connectivity index (χ4n) is 13.4. The molecule has 0 bridgehead atoms. The second-order valence-electron chi connectivity index (χ2n) is 24.9. The molecule has 374 valence electrons. The lowest BCUT2D eigenvalue weighted by molar-refractivity contribution is 0.584. The normalized spacial score (nSPS) is 15.3. The molecule has 0 radical (unpaired) electrons. The second-order valence-corrected chi connectivity index (χ2v) is 26.0. The van der Waals surface area contributed by atoms with E-state index >= 15 is 0 Å². The molecule has 1 aliphatic carbocycles. The van der Waals surface area contributed by atoms with Crippen LogP contribution in [0.5, 0.6) is 0 Å². The Labute approximate surface area is 454 Å². The number of furan rings is 1. The predicted molar refractivity (Wildman–Crippen MR) is 329 cm³/mol. The zero-order valence-electron chi connectivity index (χ0n) is 46.3. The number of fused-ring (bicyclic) bond motifs is 9. The van der Waals surface area contributed by atoms with Gasteiger partial charge in [0.2, 0.25) is 6.71 Å². The van der Waals surface area contributed by atoms with Crippen molar-refractivity contribution in [1.29, 1.82) is 0 Å². The summed E-state index contributed by atoms with van der Waals surface area (Å²) in [5.41, 5.74) is 25.3. The van der Waals surface area contributed by atoms with Crippen LogP contribution in [-0.2, 0) is 16.2 Å². The highest BCUT2D eigenvalue weighted by atomic mass is 32.1. The number of hydrogen-bond acceptors (Lipinski definition) is 2. The molecule has 0 saturated carbocycles. The number of aryl methyl sites for hydroxylation is 1. The molecule has 11 aromatic rings. The summed E-state index contributed by atoms with van der Waals surface area (Å²) < 4.78 is 9.77. The van der Waals surface area contributed by atoms with Gasteiger partial charge in [0.05, 0.1) is 0 Å². The Hall–Kier alpha value is -7.20. The molecule has 3 heterocycles. The van der Waals surface area contributed by atoms with Gasteiger partial charge < -0.3 is 4.42 Å². The van der Waals surface area contributed by atoms with E-state index in [2.05, 4.69) is 259 Å². The highest BCUT2D eigenvalue weighted by molar-refractivity contribution is 7.25. The molecule has 1 nitrogen and oxygen atoms in total. The Morgan fingerprint density at radius 1 is 0.526 bits per heavy atom. The van der Waals surface area contributed by atoms with E-state index in [9.17, 15) is 0 Å². The van der Waals surface area contributed by atoms with E-state index in [-0.39, 0.29) is 34.8 Å². The lowest BCUT2D eigenvalue weighted by atomic mass is 9.36. The Kier molecular flexibility index (Phi) is 11.1. The smallest absolute Gasteiger partial charge is 0.207 e. The Balaban J connectivity index is 1.10. The van der Waals surface area contributed by atoms with Gasteiger partial charge in [-0.25, -0.2) is 0 Å². The van der Waals surface area contributed by atoms with Crippen molar-refractivity contribution in [3.8, 4) is 56.0 Å². The minimum absolute atomic E-state index is 0.0424. The molecular formula is C73H67BOS. The van der Waals surface area contributed by atoms with Crippen LogP contribution in [0.3, 0.4) is 0 Å². The summed E-state index contributed by atoms with van der Waals surface area (Å²) in [5.74, 6) is 2.05. The number of benzene rings is 9. The maximum Gasteiger partial charge on any atom is 0.207 e. The Morgan fingerprint density at radius 3 is 1.79 bits per heavy atom. The highest BCUT2D eigenvalue weighted by Gasteiger charge is 2.40. The number of rotatable bonds is 6. The quantitative estimate of drug-likeness (QED) is 0.151. The SMILES string of the molecule is CB1c2cc3c(-c4ccccc4)oc(-c4ccccc4)c3cc2C(C)c2c(-c3cc4sc5ccccc5c4cc3C)ccc(-c3cc4c(cc3C(C)c3ccc(C(C)(C)C)cc3)C(C)(C)c3cc(C(C)(C)C)ccc3-4)c21. The van der Waals surface area contributed by atoms with Crippen LogP contribution in [0.4, 0.5) is 0 Å². The van der Waals surface area contributed by atoms with Crippen LogP contribution >= 0.6 is 11.3 Å². The van der Waals surface area contributed by atoms with Crippen LogP contribution in [0, 0.1) is 6.92 Å². The van der Waals surface area contributed by atoms with E-state index in [4.69, 9.17) is 4.42 Å². The van der Waals surface area contributed by atoms with Crippen molar-refractivity contribution < 1.29 is 4.42 Å². The molecule has 13 rings (SSSR count). The molecule has 9 aromatic carbocycles. The van der Waals surface area contributed by atoms with Crippen LogP contribution in [0.25, 0.3) is 87.0 Å². The average Bonchev–Trinajstić information content (AvgIpc) is 4.24. The predicted octanol–water partition coefficient (Wildman–Crippen LogP) is 19.5. The van der Waals surface area contributed by atoms with Gasteiger partial charge in [-0.1, -0.05) is 233 Å². The highest BCUT2D eigenvalue weighted by Crippen LogP contribution is 2.54. The fourth-order valence-corrected chi connectivity index (χ4v) is 14.5. The maximum absolute atomic E-state index is 7.10. The number of thiophene rings is 1. The van der Waals surface area contributed by atoms with Gasteiger partial charge in [0, 0.05) is 59.3 Å². The van der Waals surface area contributed by atoms with Gasteiger partial charge in [0.1, 0.15) is 11.5 Å². The first-order valence-corrected chi connectivity index (χ1v) is 28.4. The molecule has 0 amide bonds. The van der Waals surface area contributed by atoms with Crippen molar-refractivity contribution in [2.75, 3.05) is 0 Å². The van der Waals surface area contributed by atoms with Crippen LogP contribution in [0.2, 0.25) is 6.82 Å². The van der Waals surface area contributed by atoms with Crippen LogP contribution in [0.15, 0.2) is 180 Å². The molecule has 2 aromatic heterocycles. The van der Waals surface area contributed by atoms with E-state index in [1.165, 1.54) is 115 Å². The van der Waals surface area contributed by atoms with E-state index in [1.807, 2.05) is 11.3 Å². The van der Waals surface area contributed by atoms with Crippen molar-refractivity contribution in [3.05, 3.63) is 226 Å². The van der Waals surface area contributed by atoms with E-state index in [1.54, 1.807) is 0 Å². The van der Waals surface area contributed by atoms with Gasteiger partial charge in [-0.15, -0.1) is 11.3 Å². The van der Waals surface area contributed by atoms with E-state index in [0.717, 1.165) is 33.4 Å². The molecule has 2 unspecified atom stereocenters. The van der Waals surface area contributed by atoms with Gasteiger partial charge in [0.25, 0.3) is 0 Å². The van der Waals surface area contributed by atoms with Crippen molar-refractivity contribution in [3.63, 3.8) is 0 Å². The maximum atomic E-state index is 7.10. The molecule has 1 aliphatic heterocycles. The first-order valence-electron chi connectivity index (χ1n) is 27.6. The molecule has 2 aliphatic rings. The summed E-state index contributed by atoms with van der Waals surface area (Å²) in [6, 6.07) is 67.4. The zero-order valence-corrected chi connectivity index (χ0v) is 47.1. The van der Waals surface area contributed by atoms with Crippen molar-refractivity contribution in [1.82, 2.24) is 0 Å². The van der Waals surface area contributed by atoms with Gasteiger partial charge in [-0.05, 0) is 132 Å². The first-order chi connectivity index (χ1) is 36.4. The lowest BCUT2D eigenvalue weighted by Crippen LogP contribution is -2.49. The fraction of sp³-hybridized carbons (Fsp3) is 0.233. The molecular weight excluding hydrogens is 936 g/mol. The average molecular weight is 1000 g/mol. The third-order valence-electron chi connectivity index (χ3n) is 17.8. The van der Waals surface area contributed by atoms with E-state index in [0.29, 0.717) is 0 Å². The van der Waals surface area contributed by atoms with Gasteiger partial charge >= 0.3 is 0 Å². The van der Waals surface area contributed by atoms with Crippen LogP contribution in [0.1, 0.15) is 131 Å². The third kappa shape index (κ3) is 7.55. The summed E-state index contributed by atoms with van der Waals surface area (Å²) in [6.07, 6.45) is 0. The topological polar surface area (TPSA) is 13.1 Å². The van der Waals surface area contributed by atoms with Crippen LogP contribution in [-0.4, -0.2) is 6.71 Å². The van der Waals surface area contributed by atoms with Crippen molar-refractivity contribution in [2.45, 2.75) is 111 Å².